The van der Waals surface area contributed by atoms with E-state index in [1.54, 1.807) is 0 Å². The molecule has 0 unspecified atom stereocenters. The van der Waals surface area contributed by atoms with Crippen molar-refractivity contribution in [2.75, 3.05) is 4.90 Å². The Bertz CT molecular complexity index is 573. The lowest BCUT2D eigenvalue weighted by Crippen LogP contribution is -2.30. The predicted octanol–water partition coefficient (Wildman–Crippen LogP) is 3.26. The van der Waals surface area contributed by atoms with Gasteiger partial charge in [-0.15, -0.1) is 13.2 Å². The number of nitrogens with zero attached hydrogens (tertiary/aromatic N) is 1. The molecule has 1 aromatic carbocycles. The molecule has 0 aromatic heterocycles. The molecule has 2 atom stereocenters. The first-order valence-corrected chi connectivity index (χ1v) is 7.10. The maximum atomic E-state index is 12.4. The number of amides is 2. The van der Waals surface area contributed by atoms with Crippen LogP contribution in [0.4, 0.5) is 18.9 Å². The lowest BCUT2D eigenvalue weighted by atomic mass is 9.81. The fourth-order valence-corrected chi connectivity index (χ4v) is 3.21. The third-order valence-electron chi connectivity index (χ3n) is 4.17. The Hall–Kier alpha value is -2.05. The third kappa shape index (κ3) is 2.67. The minimum absolute atomic E-state index is 0.251. The molecule has 22 heavy (non-hydrogen) atoms. The van der Waals surface area contributed by atoms with Crippen LogP contribution < -0.4 is 9.64 Å². The average molecular weight is 313 g/mol. The van der Waals surface area contributed by atoms with E-state index in [1.165, 1.54) is 12.1 Å². The van der Waals surface area contributed by atoms with Crippen LogP contribution >= 0.6 is 0 Å². The SMILES string of the molecule is O=C1[C@H]2CCCC[C@@H]2C(=O)N1c1ccc(OC(F)(F)F)cc1. The Labute approximate surface area is 124 Å². The number of hydrogen-bond acceptors (Lipinski definition) is 3. The largest absolute Gasteiger partial charge is 0.573 e. The van der Waals surface area contributed by atoms with Gasteiger partial charge < -0.3 is 4.74 Å². The molecule has 1 saturated carbocycles. The summed E-state index contributed by atoms with van der Waals surface area (Å²) in [7, 11) is 0. The Balaban J connectivity index is 1.82. The number of carbonyl (C=O) groups is 2. The van der Waals surface area contributed by atoms with Crippen molar-refractivity contribution in [2.24, 2.45) is 11.8 Å². The van der Waals surface area contributed by atoms with Gasteiger partial charge in [-0.2, -0.15) is 0 Å². The molecule has 2 fully saturated rings. The van der Waals surface area contributed by atoms with E-state index in [0.29, 0.717) is 18.5 Å². The second-order valence-electron chi connectivity index (χ2n) is 5.55. The van der Waals surface area contributed by atoms with Crippen molar-refractivity contribution in [1.29, 1.82) is 0 Å². The van der Waals surface area contributed by atoms with Crippen LogP contribution in [0.25, 0.3) is 0 Å². The van der Waals surface area contributed by atoms with E-state index >= 15 is 0 Å². The molecule has 118 valence electrons. The molecule has 2 aliphatic rings. The lowest BCUT2D eigenvalue weighted by molar-refractivity contribution is -0.274. The summed E-state index contributed by atoms with van der Waals surface area (Å²) in [6.45, 7) is 0. The van der Waals surface area contributed by atoms with Crippen LogP contribution in [0.5, 0.6) is 5.75 Å². The van der Waals surface area contributed by atoms with Crippen molar-refractivity contribution in [3.05, 3.63) is 24.3 Å². The summed E-state index contributed by atoms with van der Waals surface area (Å²) in [4.78, 5) is 25.8. The quantitative estimate of drug-likeness (QED) is 0.787. The van der Waals surface area contributed by atoms with E-state index in [1.807, 2.05) is 0 Å². The van der Waals surface area contributed by atoms with Crippen molar-refractivity contribution >= 4 is 17.5 Å². The molecule has 0 spiro atoms. The maximum Gasteiger partial charge on any atom is 0.573 e. The monoisotopic (exact) mass is 313 g/mol. The highest BCUT2D eigenvalue weighted by Gasteiger charge is 2.48. The highest BCUT2D eigenvalue weighted by molar-refractivity contribution is 6.22. The van der Waals surface area contributed by atoms with Gasteiger partial charge in [0, 0.05) is 0 Å². The predicted molar refractivity (Wildman–Crippen MR) is 71.1 cm³/mol. The minimum atomic E-state index is -4.77. The summed E-state index contributed by atoms with van der Waals surface area (Å²) >= 11 is 0. The number of benzene rings is 1. The summed E-state index contributed by atoms with van der Waals surface area (Å²) < 4.78 is 40.2. The summed E-state index contributed by atoms with van der Waals surface area (Å²) in [5, 5.41) is 0. The Morgan fingerprint density at radius 3 is 1.91 bits per heavy atom. The molecule has 1 saturated heterocycles. The first-order chi connectivity index (χ1) is 10.4. The van der Waals surface area contributed by atoms with Crippen molar-refractivity contribution in [3.63, 3.8) is 0 Å². The van der Waals surface area contributed by atoms with E-state index in [-0.39, 0.29) is 29.4 Å². The fourth-order valence-electron chi connectivity index (χ4n) is 3.21. The molecule has 0 N–H and O–H groups in total. The van der Waals surface area contributed by atoms with E-state index in [9.17, 15) is 22.8 Å². The minimum Gasteiger partial charge on any atom is -0.406 e. The van der Waals surface area contributed by atoms with Gasteiger partial charge in [-0.1, -0.05) is 12.8 Å². The van der Waals surface area contributed by atoms with Gasteiger partial charge >= 0.3 is 6.36 Å². The van der Waals surface area contributed by atoms with E-state index < -0.39 is 6.36 Å². The molecule has 0 bridgehead atoms. The summed E-state index contributed by atoms with van der Waals surface area (Å²) in [6, 6.07) is 4.80. The molecule has 3 rings (SSSR count). The van der Waals surface area contributed by atoms with Gasteiger partial charge in [0.1, 0.15) is 5.75 Å². The normalized spacial score (nSPS) is 25.3. The number of ether oxygens (including phenoxy) is 1. The van der Waals surface area contributed by atoms with Crippen molar-refractivity contribution in [2.45, 2.75) is 32.0 Å². The second kappa shape index (κ2) is 5.30. The average Bonchev–Trinajstić information content (AvgIpc) is 2.71. The molecular weight excluding hydrogens is 299 g/mol. The highest BCUT2D eigenvalue weighted by atomic mass is 19.4. The molecule has 0 radical (unpaired) electrons. The van der Waals surface area contributed by atoms with Crippen molar-refractivity contribution < 1.29 is 27.5 Å². The summed E-state index contributed by atoms with van der Waals surface area (Å²) in [6.07, 6.45) is -1.53. The van der Waals surface area contributed by atoms with Gasteiger partial charge in [0.15, 0.2) is 0 Å². The van der Waals surface area contributed by atoms with Crippen LogP contribution in [-0.2, 0) is 9.59 Å². The number of rotatable bonds is 2. The number of hydrogen-bond donors (Lipinski definition) is 0. The van der Waals surface area contributed by atoms with Crippen LogP contribution in [-0.4, -0.2) is 18.2 Å². The molecule has 1 heterocycles. The molecule has 1 aliphatic heterocycles. The molecule has 7 heteroatoms. The smallest absolute Gasteiger partial charge is 0.406 e. The first-order valence-electron chi connectivity index (χ1n) is 7.10. The zero-order valence-electron chi connectivity index (χ0n) is 11.6. The number of imide groups is 1. The van der Waals surface area contributed by atoms with Crippen LogP contribution in [0, 0.1) is 11.8 Å². The highest BCUT2D eigenvalue weighted by Crippen LogP contribution is 2.40. The first kappa shape index (κ1) is 14.9. The molecule has 1 aromatic rings. The summed E-state index contributed by atoms with van der Waals surface area (Å²) in [5.41, 5.74) is 0.291. The Morgan fingerprint density at radius 1 is 0.955 bits per heavy atom. The Kier molecular flexibility index (Phi) is 3.58. The number of alkyl halides is 3. The number of halogens is 3. The zero-order chi connectivity index (χ0) is 15.9. The van der Waals surface area contributed by atoms with Crippen LogP contribution in [0.1, 0.15) is 25.7 Å². The molecule has 1 aliphatic carbocycles. The number of anilines is 1. The van der Waals surface area contributed by atoms with Gasteiger partial charge in [0.2, 0.25) is 11.8 Å². The van der Waals surface area contributed by atoms with Crippen molar-refractivity contribution in [1.82, 2.24) is 0 Å². The lowest BCUT2D eigenvalue weighted by Gasteiger charge is -2.19. The second-order valence-corrected chi connectivity index (χ2v) is 5.55. The Morgan fingerprint density at radius 2 is 1.45 bits per heavy atom. The maximum absolute atomic E-state index is 12.4. The number of carbonyl (C=O) groups excluding carboxylic acids is 2. The van der Waals surface area contributed by atoms with Gasteiger partial charge in [-0.25, -0.2) is 0 Å². The van der Waals surface area contributed by atoms with Crippen LogP contribution in [0.3, 0.4) is 0 Å². The molecule has 4 nitrogen and oxygen atoms in total. The molecular formula is C15H14F3NO3. The van der Waals surface area contributed by atoms with E-state index in [0.717, 1.165) is 29.9 Å². The number of fused-ring (bicyclic) bond motifs is 1. The van der Waals surface area contributed by atoms with E-state index in [2.05, 4.69) is 4.74 Å². The third-order valence-corrected chi connectivity index (χ3v) is 4.17. The standard InChI is InChI=1S/C15H14F3NO3/c16-15(17,18)22-10-7-5-9(6-8-10)19-13(20)11-3-1-2-4-12(11)14(19)21/h5-8,11-12H,1-4H2/t11-,12-/m0/s1. The fraction of sp³-hybridized carbons (Fsp3) is 0.467. The zero-order valence-corrected chi connectivity index (χ0v) is 11.6. The van der Waals surface area contributed by atoms with Gasteiger partial charge in [-0.3, -0.25) is 14.5 Å². The van der Waals surface area contributed by atoms with Gasteiger partial charge in [0.05, 0.1) is 17.5 Å². The van der Waals surface area contributed by atoms with Crippen LogP contribution in [0.15, 0.2) is 24.3 Å². The van der Waals surface area contributed by atoms with Gasteiger partial charge in [-0.05, 0) is 37.1 Å². The van der Waals surface area contributed by atoms with E-state index in [4.69, 9.17) is 0 Å². The topological polar surface area (TPSA) is 46.6 Å². The van der Waals surface area contributed by atoms with Crippen molar-refractivity contribution in [3.8, 4) is 5.75 Å². The van der Waals surface area contributed by atoms with Crippen LogP contribution in [0.2, 0.25) is 0 Å². The summed E-state index contributed by atoms with van der Waals surface area (Å²) in [5.74, 6) is -1.45. The van der Waals surface area contributed by atoms with Gasteiger partial charge in [0.25, 0.3) is 0 Å². The molecule has 2 amide bonds.